The Morgan fingerprint density at radius 3 is 2.77 bits per heavy atom. The Labute approximate surface area is 135 Å². The summed E-state index contributed by atoms with van der Waals surface area (Å²) < 4.78 is 5.21. The van der Waals surface area contributed by atoms with E-state index in [2.05, 4.69) is 5.48 Å². The fourth-order valence-electron chi connectivity index (χ4n) is 2.10. The zero-order valence-corrected chi connectivity index (χ0v) is 13.1. The first-order valence-corrected chi connectivity index (χ1v) is 7.80. The second kappa shape index (κ2) is 9.28. The van der Waals surface area contributed by atoms with Crippen molar-refractivity contribution in [1.29, 1.82) is 0 Å². The highest BCUT2D eigenvalue weighted by Gasteiger charge is 2.04. The molecule has 0 aliphatic carbocycles. The summed E-state index contributed by atoms with van der Waals surface area (Å²) in [4.78, 5) is 16.8. The summed E-state index contributed by atoms with van der Waals surface area (Å²) in [7, 11) is 0. The second-order valence-corrected chi connectivity index (χ2v) is 5.41. The average Bonchev–Trinajstić information content (AvgIpc) is 3.02. The summed E-state index contributed by atoms with van der Waals surface area (Å²) in [6, 6.07) is 11.5. The Morgan fingerprint density at radius 1 is 1.14 bits per heavy atom. The predicted molar refractivity (Wildman–Crippen MR) is 85.5 cm³/mol. The minimum Gasteiger partial charge on any atom is -0.469 e. The zero-order valence-electron chi connectivity index (χ0n) is 12.4. The fourth-order valence-corrected chi connectivity index (χ4v) is 2.33. The lowest BCUT2D eigenvalue weighted by Crippen LogP contribution is -2.24. The van der Waals surface area contributed by atoms with Gasteiger partial charge in [-0.1, -0.05) is 29.8 Å². The topological polar surface area (TPSA) is 51.5 Å². The van der Waals surface area contributed by atoms with Crippen LogP contribution in [-0.2, 0) is 22.5 Å². The van der Waals surface area contributed by atoms with Crippen LogP contribution in [0.15, 0.2) is 47.1 Å². The first-order valence-electron chi connectivity index (χ1n) is 7.42. The molecule has 0 aliphatic heterocycles. The van der Waals surface area contributed by atoms with Crippen LogP contribution in [0, 0.1) is 0 Å². The number of hydrogen-bond donors (Lipinski definition) is 1. The van der Waals surface area contributed by atoms with Crippen LogP contribution in [0.25, 0.3) is 0 Å². The maximum absolute atomic E-state index is 11.6. The number of hydrogen-bond acceptors (Lipinski definition) is 3. The van der Waals surface area contributed by atoms with Crippen LogP contribution in [0.4, 0.5) is 0 Å². The third-order valence-corrected chi connectivity index (χ3v) is 3.61. The van der Waals surface area contributed by atoms with Gasteiger partial charge >= 0.3 is 0 Å². The minimum absolute atomic E-state index is 0.106. The molecule has 0 bridgehead atoms. The first-order chi connectivity index (χ1) is 10.8. The van der Waals surface area contributed by atoms with Crippen LogP contribution in [0.5, 0.6) is 0 Å². The van der Waals surface area contributed by atoms with Crippen molar-refractivity contribution in [2.75, 3.05) is 6.61 Å². The first kappa shape index (κ1) is 16.6. The van der Waals surface area contributed by atoms with Crippen molar-refractivity contribution in [3.63, 3.8) is 0 Å². The maximum Gasteiger partial charge on any atom is 0.243 e. The molecule has 0 aliphatic rings. The van der Waals surface area contributed by atoms with Gasteiger partial charge in [0.25, 0.3) is 0 Å². The minimum atomic E-state index is -0.106. The van der Waals surface area contributed by atoms with E-state index in [-0.39, 0.29) is 5.91 Å². The van der Waals surface area contributed by atoms with E-state index >= 15 is 0 Å². The normalized spacial score (nSPS) is 10.6. The Morgan fingerprint density at radius 2 is 2.00 bits per heavy atom. The molecule has 5 heteroatoms. The van der Waals surface area contributed by atoms with E-state index in [4.69, 9.17) is 20.9 Å². The highest BCUT2D eigenvalue weighted by Crippen LogP contribution is 2.17. The number of amides is 1. The SMILES string of the molecule is O=C(CCCc1ccccc1Cl)NOCCCc1ccco1. The molecule has 2 aromatic rings. The van der Waals surface area contributed by atoms with E-state index in [1.165, 1.54) is 0 Å². The van der Waals surface area contributed by atoms with Gasteiger partial charge in [0.2, 0.25) is 5.91 Å². The number of rotatable bonds is 9. The van der Waals surface area contributed by atoms with Crippen LogP contribution in [0.1, 0.15) is 30.6 Å². The van der Waals surface area contributed by atoms with Crippen molar-refractivity contribution in [2.24, 2.45) is 0 Å². The molecule has 22 heavy (non-hydrogen) atoms. The van der Waals surface area contributed by atoms with Gasteiger partial charge in [-0.25, -0.2) is 5.48 Å². The Kier molecular flexibility index (Phi) is 7.00. The van der Waals surface area contributed by atoms with Gasteiger partial charge in [0.1, 0.15) is 5.76 Å². The van der Waals surface area contributed by atoms with Gasteiger partial charge in [-0.3, -0.25) is 9.63 Å². The summed E-state index contributed by atoms with van der Waals surface area (Å²) in [6.07, 6.45) is 5.19. The zero-order chi connectivity index (χ0) is 15.6. The molecule has 1 N–H and O–H groups in total. The molecule has 0 unspecified atom stereocenters. The van der Waals surface area contributed by atoms with Crippen LogP contribution in [-0.4, -0.2) is 12.5 Å². The Bertz CT molecular complexity index is 569. The number of benzene rings is 1. The van der Waals surface area contributed by atoms with E-state index in [1.54, 1.807) is 6.26 Å². The van der Waals surface area contributed by atoms with Gasteiger partial charge in [-0.2, -0.15) is 0 Å². The van der Waals surface area contributed by atoms with E-state index < -0.39 is 0 Å². The lowest BCUT2D eigenvalue weighted by atomic mass is 10.1. The van der Waals surface area contributed by atoms with Gasteiger partial charge in [-0.05, 0) is 43.0 Å². The van der Waals surface area contributed by atoms with Crippen LogP contribution >= 0.6 is 11.6 Å². The van der Waals surface area contributed by atoms with Crippen LogP contribution < -0.4 is 5.48 Å². The lowest BCUT2D eigenvalue weighted by molar-refractivity contribution is -0.133. The smallest absolute Gasteiger partial charge is 0.243 e. The third kappa shape index (κ3) is 5.92. The monoisotopic (exact) mass is 321 g/mol. The van der Waals surface area contributed by atoms with Crippen LogP contribution in [0.3, 0.4) is 0 Å². The maximum atomic E-state index is 11.6. The number of aryl methyl sites for hydroxylation is 2. The quantitative estimate of drug-likeness (QED) is 0.562. The van der Waals surface area contributed by atoms with E-state index in [0.717, 1.165) is 42.0 Å². The number of furan rings is 1. The molecular weight excluding hydrogens is 302 g/mol. The summed E-state index contributed by atoms with van der Waals surface area (Å²) in [5, 5.41) is 0.747. The molecule has 1 heterocycles. The molecular formula is C17H20ClNO3. The molecule has 0 saturated heterocycles. The molecule has 0 atom stereocenters. The molecule has 1 aromatic heterocycles. The third-order valence-electron chi connectivity index (χ3n) is 3.24. The van der Waals surface area contributed by atoms with Gasteiger partial charge in [0.15, 0.2) is 0 Å². The van der Waals surface area contributed by atoms with Crippen molar-refractivity contribution in [3.05, 3.63) is 59.0 Å². The number of halogens is 1. The molecule has 1 aromatic carbocycles. The number of hydroxylamine groups is 1. The molecule has 0 saturated carbocycles. The average molecular weight is 322 g/mol. The van der Waals surface area contributed by atoms with Gasteiger partial charge < -0.3 is 4.42 Å². The summed E-state index contributed by atoms with van der Waals surface area (Å²) in [6.45, 7) is 0.469. The molecule has 0 spiro atoms. The molecule has 1 amide bonds. The van der Waals surface area contributed by atoms with Gasteiger partial charge in [0.05, 0.1) is 12.9 Å². The largest absolute Gasteiger partial charge is 0.469 e. The Hall–Kier alpha value is -1.78. The van der Waals surface area contributed by atoms with Gasteiger partial charge in [0, 0.05) is 17.9 Å². The lowest BCUT2D eigenvalue weighted by Gasteiger charge is -2.06. The molecule has 4 nitrogen and oxygen atoms in total. The summed E-state index contributed by atoms with van der Waals surface area (Å²) in [5.74, 6) is 0.819. The molecule has 0 radical (unpaired) electrons. The standard InChI is InChI=1S/C17H20ClNO3/c18-16-10-2-1-6-14(16)7-3-11-17(20)19-22-13-5-9-15-8-4-12-21-15/h1-2,4,6,8,10,12H,3,5,7,9,11,13H2,(H,19,20). The highest BCUT2D eigenvalue weighted by atomic mass is 35.5. The number of nitrogens with one attached hydrogen (secondary N) is 1. The number of carbonyl (C=O) groups excluding carboxylic acids is 1. The fraction of sp³-hybridized carbons (Fsp3) is 0.353. The molecule has 118 valence electrons. The van der Waals surface area contributed by atoms with Gasteiger partial charge in [-0.15, -0.1) is 0 Å². The van der Waals surface area contributed by atoms with Crippen LogP contribution in [0.2, 0.25) is 5.02 Å². The van der Waals surface area contributed by atoms with Crippen molar-refractivity contribution >= 4 is 17.5 Å². The Balaban J connectivity index is 1.52. The van der Waals surface area contributed by atoms with Crippen molar-refractivity contribution in [2.45, 2.75) is 32.1 Å². The van der Waals surface area contributed by atoms with E-state index in [0.29, 0.717) is 13.0 Å². The number of carbonyl (C=O) groups is 1. The summed E-state index contributed by atoms with van der Waals surface area (Å²) >= 11 is 6.07. The predicted octanol–water partition coefficient (Wildman–Crippen LogP) is 3.94. The van der Waals surface area contributed by atoms with Crippen molar-refractivity contribution in [1.82, 2.24) is 5.48 Å². The van der Waals surface area contributed by atoms with E-state index in [1.807, 2.05) is 36.4 Å². The second-order valence-electron chi connectivity index (χ2n) is 5.00. The molecule has 0 fully saturated rings. The van der Waals surface area contributed by atoms with Crippen molar-refractivity contribution < 1.29 is 14.0 Å². The molecule has 2 rings (SSSR count). The van der Waals surface area contributed by atoms with Crippen molar-refractivity contribution in [3.8, 4) is 0 Å². The summed E-state index contributed by atoms with van der Waals surface area (Å²) in [5.41, 5.74) is 3.53. The highest BCUT2D eigenvalue weighted by molar-refractivity contribution is 6.31. The van der Waals surface area contributed by atoms with E-state index in [9.17, 15) is 4.79 Å².